The summed E-state index contributed by atoms with van der Waals surface area (Å²) >= 11 is 7.47. The molecule has 0 saturated heterocycles. The van der Waals surface area contributed by atoms with Crippen molar-refractivity contribution in [2.75, 3.05) is 5.32 Å². The van der Waals surface area contributed by atoms with Crippen molar-refractivity contribution in [1.29, 1.82) is 0 Å². The molecule has 6 nitrogen and oxygen atoms in total. The SMILES string of the molecule is Cn1cccc(-c2cc(NCc3ccc(Cl)s3)n(C(=O)C3(C)CC3)n2)c1=O. The number of hydrogen-bond acceptors (Lipinski definition) is 5. The second-order valence-electron chi connectivity index (χ2n) is 7.09. The van der Waals surface area contributed by atoms with Crippen LogP contribution in [0.25, 0.3) is 11.3 Å². The van der Waals surface area contributed by atoms with Crippen molar-refractivity contribution in [2.45, 2.75) is 26.3 Å². The topological polar surface area (TPSA) is 68.9 Å². The van der Waals surface area contributed by atoms with Crippen LogP contribution in [0.3, 0.4) is 0 Å². The molecule has 3 heterocycles. The lowest BCUT2D eigenvalue weighted by Crippen LogP contribution is -2.24. The average molecular weight is 403 g/mol. The van der Waals surface area contributed by atoms with Gasteiger partial charge in [0.1, 0.15) is 11.5 Å². The molecule has 0 unspecified atom stereocenters. The van der Waals surface area contributed by atoms with E-state index >= 15 is 0 Å². The molecular weight excluding hydrogens is 384 g/mol. The highest BCUT2D eigenvalue weighted by Crippen LogP contribution is 2.46. The molecule has 3 aromatic rings. The smallest absolute Gasteiger partial charge is 0.259 e. The number of halogens is 1. The maximum absolute atomic E-state index is 12.9. The standard InChI is InChI=1S/C19H19ClN4O2S/c1-19(7-8-19)18(26)24-16(21-11-12-5-6-15(20)27-12)10-14(22-24)13-4-3-9-23(2)17(13)25/h3-6,9-10,21H,7-8,11H2,1-2H3. The number of nitrogens with one attached hydrogen (secondary N) is 1. The molecule has 8 heteroatoms. The quantitative estimate of drug-likeness (QED) is 0.699. The Labute approximate surface area is 165 Å². The van der Waals surface area contributed by atoms with E-state index < -0.39 is 0 Å². The lowest BCUT2D eigenvalue weighted by Gasteiger charge is -2.11. The zero-order valence-electron chi connectivity index (χ0n) is 15.0. The van der Waals surface area contributed by atoms with Gasteiger partial charge in [-0.2, -0.15) is 9.78 Å². The number of carbonyl (C=O) groups is 1. The number of carbonyl (C=O) groups excluding carboxylic acids is 1. The molecule has 1 aliphatic rings. The summed E-state index contributed by atoms with van der Waals surface area (Å²) in [5.41, 5.74) is 0.437. The fraction of sp³-hybridized carbons (Fsp3) is 0.316. The summed E-state index contributed by atoms with van der Waals surface area (Å²) < 4.78 is 3.62. The summed E-state index contributed by atoms with van der Waals surface area (Å²) in [6.45, 7) is 2.47. The molecule has 1 fully saturated rings. The molecule has 0 spiro atoms. The molecule has 1 saturated carbocycles. The monoisotopic (exact) mass is 402 g/mol. The summed E-state index contributed by atoms with van der Waals surface area (Å²) in [7, 11) is 1.69. The Morgan fingerprint density at radius 3 is 2.81 bits per heavy atom. The van der Waals surface area contributed by atoms with Gasteiger partial charge in [-0.3, -0.25) is 9.59 Å². The van der Waals surface area contributed by atoms with Gasteiger partial charge in [0.2, 0.25) is 0 Å². The van der Waals surface area contributed by atoms with Gasteiger partial charge in [0.15, 0.2) is 0 Å². The number of aryl methyl sites for hydroxylation is 1. The van der Waals surface area contributed by atoms with Gasteiger partial charge in [-0.15, -0.1) is 11.3 Å². The molecule has 27 heavy (non-hydrogen) atoms. The minimum absolute atomic E-state index is 0.0479. The van der Waals surface area contributed by atoms with Crippen LogP contribution in [0.1, 0.15) is 29.4 Å². The van der Waals surface area contributed by atoms with Crippen LogP contribution in [-0.2, 0) is 13.6 Å². The molecule has 1 aliphatic carbocycles. The first-order valence-corrected chi connectivity index (χ1v) is 9.86. The minimum atomic E-state index is -0.367. The van der Waals surface area contributed by atoms with Crippen molar-refractivity contribution in [2.24, 2.45) is 12.5 Å². The molecule has 0 amide bonds. The van der Waals surface area contributed by atoms with Crippen LogP contribution >= 0.6 is 22.9 Å². The van der Waals surface area contributed by atoms with Gasteiger partial charge in [-0.05, 0) is 37.1 Å². The Bertz CT molecular complexity index is 1080. The molecular formula is C19H19ClN4O2S. The van der Waals surface area contributed by atoms with Crippen molar-refractivity contribution >= 4 is 34.7 Å². The van der Waals surface area contributed by atoms with Gasteiger partial charge in [-0.25, -0.2) is 0 Å². The van der Waals surface area contributed by atoms with Crippen LogP contribution < -0.4 is 10.9 Å². The second-order valence-corrected chi connectivity index (χ2v) is 8.89. The van der Waals surface area contributed by atoms with Crippen LogP contribution in [0.2, 0.25) is 4.34 Å². The fourth-order valence-corrected chi connectivity index (χ4v) is 3.89. The first-order chi connectivity index (χ1) is 12.9. The lowest BCUT2D eigenvalue weighted by atomic mass is 10.1. The molecule has 3 aromatic heterocycles. The van der Waals surface area contributed by atoms with Gasteiger partial charge < -0.3 is 9.88 Å². The zero-order chi connectivity index (χ0) is 19.2. The van der Waals surface area contributed by atoms with Crippen LogP contribution in [0.5, 0.6) is 0 Å². The van der Waals surface area contributed by atoms with E-state index in [9.17, 15) is 9.59 Å². The largest absolute Gasteiger partial charge is 0.365 e. The van der Waals surface area contributed by atoms with E-state index in [2.05, 4.69) is 10.4 Å². The summed E-state index contributed by atoms with van der Waals surface area (Å²) in [6.07, 6.45) is 3.40. The van der Waals surface area contributed by atoms with Gasteiger partial charge >= 0.3 is 0 Å². The summed E-state index contributed by atoms with van der Waals surface area (Å²) in [4.78, 5) is 26.4. The summed E-state index contributed by atoms with van der Waals surface area (Å²) in [5, 5.41) is 7.75. The summed E-state index contributed by atoms with van der Waals surface area (Å²) in [5.74, 6) is 0.534. The highest BCUT2D eigenvalue weighted by molar-refractivity contribution is 7.16. The minimum Gasteiger partial charge on any atom is -0.365 e. The lowest BCUT2D eigenvalue weighted by molar-refractivity contribution is 0.0811. The predicted octanol–water partition coefficient (Wildman–Crippen LogP) is 4.02. The Morgan fingerprint density at radius 2 is 2.15 bits per heavy atom. The van der Waals surface area contributed by atoms with E-state index in [1.54, 1.807) is 31.4 Å². The zero-order valence-corrected chi connectivity index (χ0v) is 16.6. The number of aromatic nitrogens is 3. The first kappa shape index (κ1) is 18.0. The number of thiophene rings is 1. The van der Waals surface area contributed by atoms with Crippen LogP contribution in [-0.4, -0.2) is 20.3 Å². The highest BCUT2D eigenvalue weighted by atomic mass is 35.5. The van der Waals surface area contributed by atoms with Crippen molar-refractivity contribution in [3.8, 4) is 11.3 Å². The second kappa shape index (κ2) is 6.65. The third-order valence-electron chi connectivity index (χ3n) is 4.89. The number of nitrogens with zero attached hydrogens (tertiary/aromatic N) is 3. The number of hydrogen-bond donors (Lipinski definition) is 1. The van der Waals surface area contributed by atoms with Gasteiger partial charge in [0.25, 0.3) is 11.5 Å². The van der Waals surface area contributed by atoms with Crippen LogP contribution in [0.4, 0.5) is 5.82 Å². The van der Waals surface area contributed by atoms with Gasteiger partial charge in [0, 0.05) is 29.6 Å². The summed E-state index contributed by atoms with van der Waals surface area (Å²) in [6, 6.07) is 9.06. The molecule has 0 bridgehead atoms. The van der Waals surface area contributed by atoms with Crippen molar-refractivity contribution in [3.05, 3.63) is 56.1 Å². The first-order valence-electron chi connectivity index (χ1n) is 8.66. The number of anilines is 1. The Hall–Kier alpha value is -2.38. The maximum Gasteiger partial charge on any atom is 0.259 e. The third kappa shape index (κ3) is 3.44. The molecule has 0 aliphatic heterocycles. The highest BCUT2D eigenvalue weighted by Gasteiger charge is 2.46. The van der Waals surface area contributed by atoms with Crippen molar-refractivity contribution in [3.63, 3.8) is 0 Å². The molecule has 4 rings (SSSR count). The fourth-order valence-electron chi connectivity index (χ4n) is 2.87. The number of rotatable bonds is 5. The number of pyridine rings is 1. The molecule has 0 atom stereocenters. The molecule has 140 valence electrons. The Kier molecular flexibility index (Phi) is 4.44. The van der Waals surface area contributed by atoms with Crippen LogP contribution in [0.15, 0.2) is 41.3 Å². The Balaban J connectivity index is 1.71. The molecule has 1 N–H and O–H groups in total. The van der Waals surface area contributed by atoms with Crippen molar-refractivity contribution in [1.82, 2.24) is 14.3 Å². The van der Waals surface area contributed by atoms with Gasteiger partial charge in [-0.1, -0.05) is 18.5 Å². The Morgan fingerprint density at radius 1 is 1.37 bits per heavy atom. The molecule has 0 radical (unpaired) electrons. The van der Waals surface area contributed by atoms with E-state index in [0.717, 1.165) is 22.1 Å². The average Bonchev–Trinajstić information content (AvgIpc) is 3.06. The van der Waals surface area contributed by atoms with Crippen molar-refractivity contribution < 1.29 is 4.79 Å². The van der Waals surface area contributed by atoms with E-state index in [1.807, 2.05) is 19.1 Å². The molecule has 0 aromatic carbocycles. The van der Waals surface area contributed by atoms with Crippen LogP contribution in [0, 0.1) is 5.41 Å². The van der Waals surface area contributed by atoms with Gasteiger partial charge in [0.05, 0.1) is 16.4 Å². The normalized spacial score (nSPS) is 14.9. The van der Waals surface area contributed by atoms with E-state index in [1.165, 1.54) is 20.6 Å². The predicted molar refractivity (Wildman–Crippen MR) is 108 cm³/mol. The third-order valence-corrected chi connectivity index (χ3v) is 6.12. The maximum atomic E-state index is 12.9. The van der Waals surface area contributed by atoms with E-state index in [0.29, 0.717) is 23.6 Å². The van der Waals surface area contributed by atoms with E-state index in [4.69, 9.17) is 11.6 Å². The van der Waals surface area contributed by atoms with E-state index in [-0.39, 0.29) is 16.9 Å².